The van der Waals surface area contributed by atoms with Crippen molar-refractivity contribution in [3.8, 4) is 11.1 Å². The minimum Gasteiger partial charge on any atom is -0.464 e. The summed E-state index contributed by atoms with van der Waals surface area (Å²) in [6.45, 7) is 1.98. The lowest BCUT2D eigenvalue weighted by atomic mass is 10.0. The van der Waals surface area contributed by atoms with Gasteiger partial charge < -0.3 is 4.42 Å². The molecule has 6 rings (SSSR count). The zero-order valence-electron chi connectivity index (χ0n) is 18.1. The molecular weight excluding hydrogens is 434 g/mol. The largest absolute Gasteiger partial charge is 0.464 e. The number of aryl methyl sites for hydroxylation is 3. The van der Waals surface area contributed by atoms with Crippen molar-refractivity contribution >= 4 is 38.4 Å². The number of aromatic nitrogens is 2. The molecule has 1 amide bonds. The molecule has 5 aromatic rings. The maximum Gasteiger partial charge on any atom is 0.281 e. The van der Waals surface area contributed by atoms with Gasteiger partial charge in [-0.3, -0.25) is 15.0 Å². The summed E-state index contributed by atoms with van der Waals surface area (Å²) in [5, 5.41) is 1.49. The van der Waals surface area contributed by atoms with E-state index in [1.165, 1.54) is 33.5 Å². The van der Waals surface area contributed by atoms with Crippen LogP contribution >= 0.6 is 11.3 Å². The van der Waals surface area contributed by atoms with Gasteiger partial charge in [-0.1, -0.05) is 30.3 Å². The van der Waals surface area contributed by atoms with Gasteiger partial charge in [0.05, 0.1) is 18.1 Å². The number of amides is 1. The van der Waals surface area contributed by atoms with E-state index in [0.717, 1.165) is 51.8 Å². The van der Waals surface area contributed by atoms with Gasteiger partial charge in [0, 0.05) is 21.4 Å². The van der Waals surface area contributed by atoms with Crippen LogP contribution in [0.3, 0.4) is 0 Å². The molecule has 2 aromatic carbocycles. The fourth-order valence-electron chi connectivity index (χ4n) is 4.77. The molecule has 7 heteroatoms. The molecule has 0 bridgehead atoms. The topological polar surface area (TPSA) is 77.1 Å². The van der Waals surface area contributed by atoms with Gasteiger partial charge in [-0.2, -0.15) is 0 Å². The molecule has 3 aromatic heterocycles. The molecule has 0 unspecified atom stereocenters. The fourth-order valence-corrected chi connectivity index (χ4v) is 5.77. The quantitative estimate of drug-likeness (QED) is 0.415. The first-order valence-corrected chi connectivity index (χ1v) is 11.8. The Bertz CT molecular complexity index is 1590. The Kier molecular flexibility index (Phi) is 4.66. The third kappa shape index (κ3) is 3.36. The first kappa shape index (κ1) is 19.9. The Balaban J connectivity index is 1.32. The van der Waals surface area contributed by atoms with E-state index in [1.807, 2.05) is 37.3 Å². The highest BCUT2D eigenvalue weighted by atomic mass is 32.1. The van der Waals surface area contributed by atoms with Crippen molar-refractivity contribution in [2.45, 2.75) is 32.6 Å². The number of carbonyl (C=O) groups excluding carboxylic acids is 1. The average Bonchev–Trinajstić information content (AvgIpc) is 3.52. The number of nitrogens with one attached hydrogen (secondary N) is 1. The van der Waals surface area contributed by atoms with Gasteiger partial charge in [0.2, 0.25) is 5.91 Å². The summed E-state index contributed by atoms with van der Waals surface area (Å²) in [5.41, 5.74) is 8.54. The first-order valence-electron chi connectivity index (χ1n) is 11.0. The molecule has 33 heavy (non-hydrogen) atoms. The van der Waals surface area contributed by atoms with E-state index in [1.54, 1.807) is 6.26 Å². The number of benzene rings is 2. The fraction of sp³-hybridized carbons (Fsp3) is 0.192. The molecule has 164 valence electrons. The van der Waals surface area contributed by atoms with Crippen LogP contribution in [-0.2, 0) is 24.1 Å². The zero-order valence-corrected chi connectivity index (χ0v) is 18.9. The summed E-state index contributed by atoms with van der Waals surface area (Å²) >= 11 is 1.48. The number of nitrogens with zero attached hydrogens (tertiary/aromatic N) is 2. The zero-order chi connectivity index (χ0) is 22.5. The van der Waals surface area contributed by atoms with Crippen LogP contribution in [0.4, 0.5) is 0 Å². The maximum atomic E-state index is 13.3. The van der Waals surface area contributed by atoms with E-state index in [-0.39, 0.29) is 17.9 Å². The lowest BCUT2D eigenvalue weighted by molar-refractivity contribution is -0.116. The number of rotatable bonds is 4. The molecule has 6 nitrogen and oxygen atoms in total. The molecule has 1 aliphatic carbocycles. The molecule has 0 saturated carbocycles. The standard InChI is InChI=1S/C26H21N3O3S/c1-15-23(16-6-3-2-4-7-16)24-25(33-15)27-14-29(26(24)31)28-22(30)12-19-13-32-21-11-18-9-5-8-17(18)10-20(19)21/h2-4,6-7,10-11,13-14H,5,8-9,12H2,1H3,(H,28,30). The third-order valence-electron chi connectivity index (χ3n) is 6.32. The summed E-state index contributed by atoms with van der Waals surface area (Å²) in [4.78, 5) is 32.3. The van der Waals surface area contributed by atoms with Crippen molar-refractivity contribution in [2.75, 3.05) is 5.43 Å². The second-order valence-electron chi connectivity index (χ2n) is 8.44. The average molecular weight is 456 g/mol. The molecule has 0 aliphatic heterocycles. The molecule has 3 heterocycles. The number of fused-ring (bicyclic) bond motifs is 3. The summed E-state index contributed by atoms with van der Waals surface area (Å²) in [6.07, 6.45) is 6.43. The highest BCUT2D eigenvalue weighted by molar-refractivity contribution is 7.19. The van der Waals surface area contributed by atoms with E-state index in [2.05, 4.69) is 22.5 Å². The van der Waals surface area contributed by atoms with Crippen molar-refractivity contribution < 1.29 is 9.21 Å². The van der Waals surface area contributed by atoms with Crippen LogP contribution in [0.15, 0.2) is 64.3 Å². The number of hydrogen-bond donors (Lipinski definition) is 1. The summed E-state index contributed by atoms with van der Waals surface area (Å²) in [6, 6.07) is 14.0. The van der Waals surface area contributed by atoms with Crippen molar-refractivity contribution in [3.63, 3.8) is 0 Å². The van der Waals surface area contributed by atoms with E-state index in [9.17, 15) is 9.59 Å². The van der Waals surface area contributed by atoms with Crippen molar-refractivity contribution in [1.82, 2.24) is 9.66 Å². The molecule has 0 fully saturated rings. The van der Waals surface area contributed by atoms with Gasteiger partial charge in [0.25, 0.3) is 5.56 Å². The maximum absolute atomic E-state index is 13.3. The smallest absolute Gasteiger partial charge is 0.281 e. The van der Waals surface area contributed by atoms with Gasteiger partial charge in [-0.25, -0.2) is 9.66 Å². The summed E-state index contributed by atoms with van der Waals surface area (Å²) in [7, 11) is 0. The number of furan rings is 1. The van der Waals surface area contributed by atoms with Crippen LogP contribution < -0.4 is 11.0 Å². The molecule has 1 aliphatic rings. The number of carbonyl (C=O) groups is 1. The molecule has 1 N–H and O–H groups in total. The van der Waals surface area contributed by atoms with Crippen molar-refractivity contribution in [2.24, 2.45) is 0 Å². The Morgan fingerprint density at radius 3 is 2.79 bits per heavy atom. The molecule has 0 radical (unpaired) electrons. The molecule has 0 atom stereocenters. The van der Waals surface area contributed by atoms with Crippen molar-refractivity contribution in [1.29, 1.82) is 0 Å². The third-order valence-corrected chi connectivity index (χ3v) is 7.33. The molecular formula is C26H21N3O3S. The highest BCUT2D eigenvalue weighted by Crippen LogP contribution is 2.35. The van der Waals surface area contributed by atoms with Gasteiger partial charge in [0.1, 0.15) is 16.7 Å². The van der Waals surface area contributed by atoms with Crippen molar-refractivity contribution in [3.05, 3.63) is 87.0 Å². The Morgan fingerprint density at radius 1 is 1.18 bits per heavy atom. The predicted molar refractivity (Wildman–Crippen MR) is 130 cm³/mol. The second-order valence-corrected chi connectivity index (χ2v) is 9.65. The van der Waals surface area contributed by atoms with Crippen LogP contribution in [-0.4, -0.2) is 15.6 Å². The van der Waals surface area contributed by atoms with Gasteiger partial charge in [-0.15, -0.1) is 11.3 Å². The van der Waals surface area contributed by atoms with Gasteiger partial charge in [0.15, 0.2) is 0 Å². The lowest BCUT2D eigenvalue weighted by Crippen LogP contribution is -2.34. The molecule has 0 saturated heterocycles. The van der Waals surface area contributed by atoms with Gasteiger partial charge >= 0.3 is 0 Å². The number of hydrogen-bond acceptors (Lipinski definition) is 5. The highest BCUT2D eigenvalue weighted by Gasteiger charge is 2.19. The van der Waals surface area contributed by atoms with E-state index in [0.29, 0.717) is 10.2 Å². The van der Waals surface area contributed by atoms with Crippen LogP contribution in [0, 0.1) is 6.92 Å². The van der Waals surface area contributed by atoms with E-state index < -0.39 is 0 Å². The van der Waals surface area contributed by atoms with E-state index >= 15 is 0 Å². The van der Waals surface area contributed by atoms with Crippen LogP contribution in [0.2, 0.25) is 0 Å². The van der Waals surface area contributed by atoms with Crippen LogP contribution in [0.25, 0.3) is 32.3 Å². The minimum absolute atomic E-state index is 0.116. The predicted octanol–water partition coefficient (Wildman–Crippen LogP) is 4.98. The Labute approximate surface area is 193 Å². The normalized spacial score (nSPS) is 13.0. The summed E-state index contributed by atoms with van der Waals surface area (Å²) < 4.78 is 6.90. The Hall–Kier alpha value is -3.71. The SMILES string of the molecule is Cc1sc2ncn(NC(=O)Cc3coc4cc5c(cc34)CCC5)c(=O)c2c1-c1ccccc1. The minimum atomic E-state index is -0.297. The Morgan fingerprint density at radius 2 is 1.97 bits per heavy atom. The molecule has 0 spiro atoms. The van der Waals surface area contributed by atoms with Gasteiger partial charge in [-0.05, 0) is 55.0 Å². The van der Waals surface area contributed by atoms with E-state index in [4.69, 9.17) is 4.42 Å². The summed E-state index contributed by atoms with van der Waals surface area (Å²) in [5.74, 6) is -0.297. The first-order chi connectivity index (χ1) is 16.1. The second kappa shape index (κ2) is 7.71. The van der Waals surface area contributed by atoms with Crippen LogP contribution in [0.1, 0.15) is 28.0 Å². The van der Waals surface area contributed by atoms with Crippen LogP contribution in [0.5, 0.6) is 0 Å². The monoisotopic (exact) mass is 455 g/mol. The number of thiophene rings is 1. The lowest BCUT2D eigenvalue weighted by Gasteiger charge is -2.08.